The van der Waals surface area contributed by atoms with E-state index in [9.17, 15) is 0 Å². The van der Waals surface area contributed by atoms with Crippen molar-refractivity contribution >= 4 is 0 Å². The average Bonchev–Trinajstić information content (AvgIpc) is 2.52. The lowest BCUT2D eigenvalue weighted by atomic mass is 10.1. The topological polar surface area (TPSA) is 17.8 Å². The number of aromatic nitrogens is 2. The van der Waals surface area contributed by atoms with Crippen LogP contribution in [0.4, 0.5) is 0 Å². The molecule has 68 valence electrons. The van der Waals surface area contributed by atoms with E-state index in [4.69, 9.17) is 0 Å². The summed E-state index contributed by atoms with van der Waals surface area (Å²) in [6.45, 7) is 7.68. The molecule has 1 aromatic heterocycles. The number of nitrogens with zero attached hydrogens (tertiary/aromatic N) is 2. The van der Waals surface area contributed by atoms with Gasteiger partial charge in [-0.15, -0.1) is 0 Å². The highest BCUT2D eigenvalue weighted by atomic mass is 15.3. The van der Waals surface area contributed by atoms with Crippen LogP contribution >= 0.6 is 0 Å². The van der Waals surface area contributed by atoms with Gasteiger partial charge in [-0.3, -0.25) is 4.68 Å². The molecule has 12 heavy (non-hydrogen) atoms. The second kappa shape index (κ2) is 4.29. The minimum Gasteiger partial charge on any atom is -0.272 e. The third-order valence-electron chi connectivity index (χ3n) is 2.29. The number of hydrogen-bond donors (Lipinski definition) is 0. The largest absolute Gasteiger partial charge is 0.272 e. The van der Waals surface area contributed by atoms with Gasteiger partial charge < -0.3 is 0 Å². The molecule has 0 saturated heterocycles. The zero-order chi connectivity index (χ0) is 8.97. The summed E-state index contributed by atoms with van der Waals surface area (Å²) in [6.07, 6.45) is 6.41. The molecule has 1 unspecified atom stereocenters. The van der Waals surface area contributed by atoms with E-state index < -0.39 is 0 Å². The highest BCUT2D eigenvalue weighted by Crippen LogP contribution is 2.05. The van der Waals surface area contributed by atoms with Crippen molar-refractivity contribution in [2.75, 3.05) is 0 Å². The summed E-state index contributed by atoms with van der Waals surface area (Å²) in [5, 5.41) is 4.29. The molecule has 1 heterocycles. The standard InChI is InChI=1S/C10H18N2/c1-4-9(3)7-12-8-10(5-2)6-11-12/h6,8-9H,4-5,7H2,1-3H3. The van der Waals surface area contributed by atoms with E-state index in [1.165, 1.54) is 12.0 Å². The number of hydrogen-bond acceptors (Lipinski definition) is 1. The Balaban J connectivity index is 2.52. The summed E-state index contributed by atoms with van der Waals surface area (Å²) in [5.41, 5.74) is 1.33. The first-order valence-corrected chi connectivity index (χ1v) is 4.77. The maximum absolute atomic E-state index is 4.29. The van der Waals surface area contributed by atoms with E-state index in [1.807, 2.05) is 10.9 Å². The van der Waals surface area contributed by atoms with Crippen LogP contribution in [-0.2, 0) is 13.0 Å². The normalized spacial score (nSPS) is 13.2. The SMILES string of the molecule is CCc1cnn(CC(C)CC)c1. The maximum Gasteiger partial charge on any atom is 0.0521 e. The van der Waals surface area contributed by atoms with Gasteiger partial charge in [-0.05, 0) is 17.9 Å². The molecule has 0 radical (unpaired) electrons. The van der Waals surface area contributed by atoms with Crippen molar-refractivity contribution in [2.24, 2.45) is 5.92 Å². The molecule has 2 heteroatoms. The molecule has 1 aromatic rings. The summed E-state index contributed by atoms with van der Waals surface area (Å²) < 4.78 is 2.05. The second-order valence-electron chi connectivity index (χ2n) is 3.44. The van der Waals surface area contributed by atoms with Crippen molar-refractivity contribution in [3.05, 3.63) is 18.0 Å². The van der Waals surface area contributed by atoms with Gasteiger partial charge in [0.1, 0.15) is 0 Å². The molecular weight excluding hydrogens is 148 g/mol. The highest BCUT2D eigenvalue weighted by molar-refractivity contribution is 5.02. The quantitative estimate of drug-likeness (QED) is 0.672. The van der Waals surface area contributed by atoms with Crippen LogP contribution in [0, 0.1) is 5.92 Å². The number of rotatable bonds is 4. The van der Waals surface area contributed by atoms with Crippen molar-refractivity contribution in [1.82, 2.24) is 9.78 Å². The van der Waals surface area contributed by atoms with Gasteiger partial charge in [-0.1, -0.05) is 27.2 Å². The highest BCUT2D eigenvalue weighted by Gasteiger charge is 2.01. The molecule has 0 aromatic carbocycles. The lowest BCUT2D eigenvalue weighted by Crippen LogP contribution is -2.06. The van der Waals surface area contributed by atoms with Crippen LogP contribution in [0.1, 0.15) is 32.8 Å². The maximum atomic E-state index is 4.29. The Morgan fingerprint density at radius 3 is 2.75 bits per heavy atom. The van der Waals surface area contributed by atoms with Gasteiger partial charge in [0.2, 0.25) is 0 Å². The lowest BCUT2D eigenvalue weighted by molar-refractivity contribution is 0.439. The van der Waals surface area contributed by atoms with Crippen molar-refractivity contribution in [3.8, 4) is 0 Å². The molecule has 0 amide bonds. The molecule has 0 bridgehead atoms. The van der Waals surface area contributed by atoms with Gasteiger partial charge in [0.05, 0.1) is 6.20 Å². The Morgan fingerprint density at radius 2 is 2.25 bits per heavy atom. The molecular formula is C10H18N2. The van der Waals surface area contributed by atoms with Gasteiger partial charge in [-0.25, -0.2) is 0 Å². The van der Waals surface area contributed by atoms with E-state index >= 15 is 0 Å². The van der Waals surface area contributed by atoms with Crippen LogP contribution in [0.25, 0.3) is 0 Å². The Morgan fingerprint density at radius 1 is 1.50 bits per heavy atom. The fourth-order valence-electron chi connectivity index (χ4n) is 1.14. The predicted molar refractivity (Wildman–Crippen MR) is 51.1 cm³/mol. The molecule has 0 aliphatic rings. The fraction of sp³-hybridized carbons (Fsp3) is 0.700. The summed E-state index contributed by atoms with van der Waals surface area (Å²) >= 11 is 0. The van der Waals surface area contributed by atoms with Crippen LogP contribution in [0.15, 0.2) is 12.4 Å². The molecule has 0 aliphatic carbocycles. The van der Waals surface area contributed by atoms with E-state index in [1.54, 1.807) is 0 Å². The van der Waals surface area contributed by atoms with Crippen LogP contribution in [0.5, 0.6) is 0 Å². The van der Waals surface area contributed by atoms with Crippen molar-refractivity contribution in [3.63, 3.8) is 0 Å². The number of aryl methyl sites for hydroxylation is 1. The minimum atomic E-state index is 0.731. The lowest BCUT2D eigenvalue weighted by Gasteiger charge is -2.07. The summed E-state index contributed by atoms with van der Waals surface area (Å²) in [6, 6.07) is 0. The first-order valence-electron chi connectivity index (χ1n) is 4.77. The molecule has 1 rings (SSSR count). The Hall–Kier alpha value is -0.790. The molecule has 0 spiro atoms. The molecule has 0 aliphatic heterocycles. The van der Waals surface area contributed by atoms with Gasteiger partial charge in [0, 0.05) is 12.7 Å². The Bertz CT molecular complexity index is 227. The van der Waals surface area contributed by atoms with Crippen LogP contribution < -0.4 is 0 Å². The smallest absolute Gasteiger partial charge is 0.0521 e. The molecule has 0 fully saturated rings. The van der Waals surface area contributed by atoms with Crippen molar-refractivity contribution < 1.29 is 0 Å². The first-order chi connectivity index (χ1) is 5.76. The second-order valence-corrected chi connectivity index (χ2v) is 3.44. The average molecular weight is 166 g/mol. The Kier molecular flexibility index (Phi) is 3.32. The van der Waals surface area contributed by atoms with Crippen LogP contribution in [-0.4, -0.2) is 9.78 Å². The first kappa shape index (κ1) is 9.30. The summed E-state index contributed by atoms with van der Waals surface area (Å²) in [4.78, 5) is 0. The molecule has 1 atom stereocenters. The van der Waals surface area contributed by atoms with E-state index in [0.717, 1.165) is 18.9 Å². The van der Waals surface area contributed by atoms with E-state index in [2.05, 4.69) is 32.1 Å². The van der Waals surface area contributed by atoms with Gasteiger partial charge in [0.15, 0.2) is 0 Å². The van der Waals surface area contributed by atoms with Crippen molar-refractivity contribution in [1.29, 1.82) is 0 Å². The van der Waals surface area contributed by atoms with E-state index in [-0.39, 0.29) is 0 Å². The predicted octanol–water partition coefficient (Wildman–Crippen LogP) is 2.49. The fourth-order valence-corrected chi connectivity index (χ4v) is 1.14. The third kappa shape index (κ3) is 2.36. The van der Waals surface area contributed by atoms with Gasteiger partial charge in [0.25, 0.3) is 0 Å². The van der Waals surface area contributed by atoms with Gasteiger partial charge >= 0.3 is 0 Å². The van der Waals surface area contributed by atoms with Crippen LogP contribution in [0.2, 0.25) is 0 Å². The monoisotopic (exact) mass is 166 g/mol. The summed E-state index contributed by atoms with van der Waals surface area (Å²) in [7, 11) is 0. The third-order valence-corrected chi connectivity index (χ3v) is 2.29. The van der Waals surface area contributed by atoms with Gasteiger partial charge in [-0.2, -0.15) is 5.10 Å². The zero-order valence-corrected chi connectivity index (χ0v) is 8.25. The molecule has 0 N–H and O–H groups in total. The van der Waals surface area contributed by atoms with Crippen molar-refractivity contribution in [2.45, 2.75) is 40.2 Å². The van der Waals surface area contributed by atoms with E-state index in [0.29, 0.717) is 0 Å². The minimum absolute atomic E-state index is 0.731. The Labute approximate surface area is 74.6 Å². The summed E-state index contributed by atoms with van der Waals surface area (Å²) in [5.74, 6) is 0.731. The molecule has 0 saturated carbocycles. The van der Waals surface area contributed by atoms with Crippen LogP contribution in [0.3, 0.4) is 0 Å². The zero-order valence-electron chi connectivity index (χ0n) is 8.25. The molecule has 2 nitrogen and oxygen atoms in total.